The van der Waals surface area contributed by atoms with Gasteiger partial charge in [-0.15, -0.1) is 0 Å². The van der Waals surface area contributed by atoms with E-state index in [1.807, 2.05) is 67.3 Å². The molecule has 0 bridgehead atoms. The van der Waals surface area contributed by atoms with Gasteiger partial charge in [0.2, 0.25) is 21.8 Å². The Morgan fingerprint density at radius 2 is 1.57 bits per heavy atom. The summed E-state index contributed by atoms with van der Waals surface area (Å²) in [5.74, 6) is -0.304. The van der Waals surface area contributed by atoms with E-state index in [0.717, 1.165) is 35.2 Å². The molecule has 2 heterocycles. The van der Waals surface area contributed by atoms with E-state index >= 15 is 0 Å². The van der Waals surface area contributed by atoms with Crippen molar-refractivity contribution in [3.05, 3.63) is 100 Å². The highest BCUT2D eigenvalue weighted by atomic mass is 35.5. The van der Waals surface area contributed by atoms with Gasteiger partial charge in [0.25, 0.3) is 0 Å². The monoisotopic (exact) mass is 679 g/mol. The topological polar surface area (TPSA) is 102 Å². The van der Waals surface area contributed by atoms with Crippen molar-refractivity contribution in [2.24, 2.45) is 0 Å². The number of benzene rings is 3. The highest BCUT2D eigenvalue weighted by Gasteiger charge is 2.33. The largest absolute Gasteiger partial charge is 0.368 e. The lowest BCUT2D eigenvalue weighted by molar-refractivity contribution is -0.137. The molecule has 1 fully saturated rings. The zero-order valence-electron chi connectivity index (χ0n) is 27.5. The third-order valence-corrected chi connectivity index (χ3v) is 10.9. The summed E-state index contributed by atoms with van der Waals surface area (Å²) < 4.78 is 27.1. The molecule has 0 aromatic heterocycles. The molecule has 0 saturated carbocycles. The predicted molar refractivity (Wildman–Crippen MR) is 188 cm³/mol. The first-order valence-corrected chi connectivity index (χ1v) is 18.7. The molecular formula is C36H46ClN5O4S. The molecule has 5 rings (SSSR count). The van der Waals surface area contributed by atoms with Crippen molar-refractivity contribution in [1.82, 2.24) is 19.8 Å². The quantitative estimate of drug-likeness (QED) is 0.295. The van der Waals surface area contributed by atoms with Crippen LogP contribution in [0.25, 0.3) is 0 Å². The molecular weight excluding hydrogens is 634 g/mol. The van der Waals surface area contributed by atoms with Gasteiger partial charge in [0.05, 0.1) is 12.3 Å². The lowest BCUT2D eigenvalue weighted by Gasteiger charge is -2.39. The fraction of sp³-hybridized carbons (Fsp3) is 0.444. The Balaban J connectivity index is 1.28. The van der Waals surface area contributed by atoms with Gasteiger partial charge in [-0.05, 0) is 59.7 Å². The lowest BCUT2D eigenvalue weighted by Crippen LogP contribution is -2.58. The summed E-state index contributed by atoms with van der Waals surface area (Å²) in [6, 6.07) is 22.2. The van der Waals surface area contributed by atoms with Crippen molar-refractivity contribution in [1.29, 1.82) is 0 Å². The Morgan fingerprint density at radius 3 is 2.23 bits per heavy atom. The third-order valence-electron chi connectivity index (χ3n) is 9.39. The van der Waals surface area contributed by atoms with Crippen molar-refractivity contribution >= 4 is 39.1 Å². The van der Waals surface area contributed by atoms with Crippen LogP contribution >= 0.6 is 11.6 Å². The zero-order valence-corrected chi connectivity index (χ0v) is 29.1. The van der Waals surface area contributed by atoms with Crippen LogP contribution in [0.2, 0.25) is 5.02 Å². The summed E-state index contributed by atoms with van der Waals surface area (Å²) in [5.41, 5.74) is 5.16. The molecule has 252 valence electrons. The SMILES string of the molecule is CCC(CC)N(Cc1ccccc1N1CCN(C(=O)[C@@H](Cc2ccc(Cl)cc2)NC(=O)[C@H]2Cc3ccccc3CN2)CC1)S(C)(=O)=O. The second kappa shape index (κ2) is 15.6. The van der Waals surface area contributed by atoms with Crippen LogP contribution in [0.15, 0.2) is 72.8 Å². The van der Waals surface area contributed by atoms with Gasteiger partial charge in [-0.2, -0.15) is 4.31 Å². The molecule has 9 nitrogen and oxygen atoms in total. The molecule has 0 unspecified atom stereocenters. The fourth-order valence-corrected chi connectivity index (χ4v) is 8.03. The van der Waals surface area contributed by atoms with E-state index in [-0.39, 0.29) is 17.9 Å². The summed E-state index contributed by atoms with van der Waals surface area (Å²) in [4.78, 5) is 31.7. The molecule has 1 saturated heterocycles. The Hall–Kier alpha value is -3.44. The first-order chi connectivity index (χ1) is 22.6. The number of halogens is 1. The number of para-hydroxylation sites is 1. The van der Waals surface area contributed by atoms with E-state index in [1.165, 1.54) is 11.8 Å². The maximum atomic E-state index is 14.1. The average Bonchev–Trinajstić information content (AvgIpc) is 3.08. The van der Waals surface area contributed by atoms with E-state index in [9.17, 15) is 18.0 Å². The number of fused-ring (bicyclic) bond motifs is 1. The van der Waals surface area contributed by atoms with Gasteiger partial charge in [-0.25, -0.2) is 8.42 Å². The third kappa shape index (κ3) is 8.73. The Morgan fingerprint density at radius 1 is 0.936 bits per heavy atom. The number of amides is 2. The van der Waals surface area contributed by atoms with Crippen LogP contribution in [0.1, 0.15) is 48.9 Å². The summed E-state index contributed by atoms with van der Waals surface area (Å²) >= 11 is 6.12. The van der Waals surface area contributed by atoms with Crippen molar-refractivity contribution in [3.63, 3.8) is 0 Å². The van der Waals surface area contributed by atoms with Gasteiger partial charge in [0.15, 0.2) is 0 Å². The molecule has 0 spiro atoms. The van der Waals surface area contributed by atoms with E-state index in [0.29, 0.717) is 57.1 Å². The maximum absolute atomic E-state index is 14.1. The van der Waals surface area contributed by atoms with E-state index in [4.69, 9.17) is 11.6 Å². The average molecular weight is 680 g/mol. The molecule has 47 heavy (non-hydrogen) atoms. The molecule has 2 amide bonds. The normalized spacial score (nSPS) is 17.4. The highest BCUT2D eigenvalue weighted by Crippen LogP contribution is 2.27. The number of carbonyl (C=O) groups excluding carboxylic acids is 2. The minimum absolute atomic E-state index is 0.0705. The van der Waals surface area contributed by atoms with Crippen LogP contribution in [0.3, 0.4) is 0 Å². The van der Waals surface area contributed by atoms with E-state index in [2.05, 4.69) is 27.7 Å². The highest BCUT2D eigenvalue weighted by molar-refractivity contribution is 7.88. The number of nitrogens with one attached hydrogen (secondary N) is 2. The van der Waals surface area contributed by atoms with E-state index in [1.54, 1.807) is 16.4 Å². The van der Waals surface area contributed by atoms with Crippen LogP contribution in [0.4, 0.5) is 5.69 Å². The van der Waals surface area contributed by atoms with Crippen LogP contribution < -0.4 is 15.5 Å². The van der Waals surface area contributed by atoms with Crippen LogP contribution in [0.5, 0.6) is 0 Å². The van der Waals surface area contributed by atoms with Crippen LogP contribution in [-0.4, -0.2) is 80.0 Å². The number of piperazine rings is 1. The van der Waals surface area contributed by atoms with E-state index < -0.39 is 22.1 Å². The predicted octanol–water partition coefficient (Wildman–Crippen LogP) is 4.38. The minimum atomic E-state index is -3.41. The molecule has 2 aliphatic heterocycles. The van der Waals surface area contributed by atoms with Gasteiger partial charge in [-0.1, -0.05) is 80.0 Å². The molecule has 2 atom stereocenters. The van der Waals surface area contributed by atoms with Crippen LogP contribution in [-0.2, 0) is 45.5 Å². The summed E-state index contributed by atoms with van der Waals surface area (Å²) in [6.07, 6.45) is 3.68. The van der Waals surface area contributed by atoms with Gasteiger partial charge < -0.3 is 20.4 Å². The minimum Gasteiger partial charge on any atom is -0.368 e. The molecule has 0 aliphatic carbocycles. The fourth-order valence-electron chi connectivity index (χ4n) is 6.69. The van der Waals surface area contributed by atoms with Gasteiger partial charge in [-0.3, -0.25) is 9.59 Å². The van der Waals surface area contributed by atoms with Gasteiger partial charge >= 0.3 is 0 Å². The second-order valence-electron chi connectivity index (χ2n) is 12.5. The molecule has 0 radical (unpaired) electrons. The molecule has 3 aromatic carbocycles. The zero-order chi connectivity index (χ0) is 33.6. The summed E-state index contributed by atoms with van der Waals surface area (Å²) in [6.45, 7) is 7.09. The van der Waals surface area contributed by atoms with Gasteiger partial charge in [0.1, 0.15) is 6.04 Å². The Kier molecular flexibility index (Phi) is 11.6. The smallest absolute Gasteiger partial charge is 0.245 e. The number of hydrogen-bond acceptors (Lipinski definition) is 6. The number of anilines is 1. The van der Waals surface area contributed by atoms with Crippen molar-refractivity contribution in [2.45, 2.75) is 70.7 Å². The number of hydrogen-bond donors (Lipinski definition) is 2. The standard InChI is InChI=1S/C36H46ClN5O4S/c1-4-31(5-2)42(47(3,45)46)25-29-12-8-9-13-34(29)40-18-20-41(21-19-40)36(44)33(22-26-14-16-30(37)17-15-26)39-35(43)32-23-27-10-6-7-11-28(27)24-38-32/h6-17,31-33,38H,4-5,18-25H2,1-3H3,(H,39,43)/t32-,33-/m1/s1. The molecule has 2 aliphatic rings. The van der Waals surface area contributed by atoms with Crippen molar-refractivity contribution in [2.75, 3.05) is 37.3 Å². The summed E-state index contributed by atoms with van der Waals surface area (Å²) in [5, 5.41) is 7.03. The molecule has 3 aromatic rings. The Bertz CT molecular complexity index is 1640. The molecule has 2 N–H and O–H groups in total. The number of carbonyl (C=O) groups is 2. The first kappa shape index (κ1) is 34.9. The Labute approximate surface area is 284 Å². The molecule has 11 heteroatoms. The lowest BCUT2D eigenvalue weighted by atomic mass is 9.95. The van der Waals surface area contributed by atoms with Gasteiger partial charge in [0, 0.05) is 62.4 Å². The second-order valence-corrected chi connectivity index (χ2v) is 14.9. The number of nitrogens with zero attached hydrogens (tertiary/aromatic N) is 3. The number of sulfonamides is 1. The summed E-state index contributed by atoms with van der Waals surface area (Å²) in [7, 11) is -3.41. The first-order valence-electron chi connectivity index (χ1n) is 16.5. The van der Waals surface area contributed by atoms with Crippen molar-refractivity contribution < 1.29 is 18.0 Å². The van der Waals surface area contributed by atoms with Crippen LogP contribution in [0, 0.1) is 0 Å². The maximum Gasteiger partial charge on any atom is 0.245 e. The number of rotatable bonds is 12. The van der Waals surface area contributed by atoms with Crippen molar-refractivity contribution in [3.8, 4) is 0 Å².